The number of rotatable bonds is 6. The molecular weight excluding hydrogens is 326 g/mol. The van der Waals surface area contributed by atoms with Crippen molar-refractivity contribution >= 4 is 23.2 Å². The van der Waals surface area contributed by atoms with Crippen molar-refractivity contribution in [3.05, 3.63) is 56.3 Å². The zero-order valence-electron chi connectivity index (χ0n) is 13.2. The maximum atomic E-state index is 11.8. The first-order chi connectivity index (χ1) is 11.6. The van der Waals surface area contributed by atoms with Crippen molar-refractivity contribution in [2.24, 2.45) is 4.99 Å². The third kappa shape index (κ3) is 3.80. The molecule has 1 atom stereocenters. The van der Waals surface area contributed by atoms with E-state index in [-0.39, 0.29) is 23.0 Å². The molecule has 6 nitrogen and oxygen atoms in total. The molecule has 0 aliphatic carbocycles. The molecule has 0 saturated carbocycles. The van der Waals surface area contributed by atoms with E-state index in [1.54, 1.807) is 11.3 Å². The van der Waals surface area contributed by atoms with E-state index in [4.69, 9.17) is 0 Å². The molecule has 1 N–H and O–H groups in total. The standard InChI is InChI=1S/C17H19N3O3S/c21-16-6-5-14(20(22)23)10-13(16)11-18-12-15(17-4-3-9-24-17)19-7-1-2-8-19/h3-6,9-11,15,21H,1-2,7-8,12H2/t15-/m0/s1. The fourth-order valence-corrected chi connectivity index (χ4v) is 3.97. The summed E-state index contributed by atoms with van der Waals surface area (Å²) in [5, 5.41) is 24.7. The van der Waals surface area contributed by atoms with Crippen LogP contribution in [0, 0.1) is 10.1 Å². The molecule has 1 saturated heterocycles. The Morgan fingerprint density at radius 1 is 1.33 bits per heavy atom. The number of non-ortho nitro benzene ring substituents is 1. The van der Waals surface area contributed by atoms with Crippen molar-refractivity contribution in [2.45, 2.75) is 18.9 Å². The lowest BCUT2D eigenvalue weighted by Crippen LogP contribution is -3.10. The number of likely N-dealkylation sites (tertiary alicyclic amines) is 1. The van der Waals surface area contributed by atoms with Crippen LogP contribution in [-0.2, 0) is 0 Å². The first-order valence-electron chi connectivity index (χ1n) is 7.98. The molecule has 1 aliphatic heterocycles. The second-order valence-electron chi connectivity index (χ2n) is 5.91. The van der Waals surface area contributed by atoms with Gasteiger partial charge in [0.1, 0.15) is 6.04 Å². The smallest absolute Gasteiger partial charge is 0.270 e. The third-order valence-corrected chi connectivity index (χ3v) is 5.33. The summed E-state index contributed by atoms with van der Waals surface area (Å²) in [7, 11) is 0. The Morgan fingerprint density at radius 2 is 2.12 bits per heavy atom. The van der Waals surface area contributed by atoms with E-state index < -0.39 is 4.92 Å². The summed E-state index contributed by atoms with van der Waals surface area (Å²) in [6.45, 7) is 2.86. The predicted octanol–water partition coefficient (Wildman–Crippen LogP) is 1.57. The normalized spacial score (nSPS) is 16.7. The fourth-order valence-electron chi connectivity index (χ4n) is 3.09. The number of hydrogen-bond donors (Lipinski definition) is 1. The number of aliphatic imine (C=N–C) groups is 1. The Morgan fingerprint density at radius 3 is 2.79 bits per heavy atom. The van der Waals surface area contributed by atoms with E-state index in [1.165, 1.54) is 47.0 Å². The lowest BCUT2D eigenvalue weighted by molar-refractivity contribution is -0.917. The Bertz CT molecular complexity index is 725. The van der Waals surface area contributed by atoms with Gasteiger partial charge in [0.05, 0.1) is 29.4 Å². The van der Waals surface area contributed by atoms with Crippen LogP contribution >= 0.6 is 11.3 Å². The van der Waals surface area contributed by atoms with E-state index >= 15 is 0 Å². The quantitative estimate of drug-likeness (QED) is 0.490. The van der Waals surface area contributed by atoms with E-state index in [9.17, 15) is 15.2 Å². The maximum Gasteiger partial charge on any atom is 0.270 e. The van der Waals surface area contributed by atoms with Crippen LogP contribution < -0.4 is 10.0 Å². The van der Waals surface area contributed by atoms with Crippen molar-refractivity contribution < 1.29 is 14.9 Å². The van der Waals surface area contributed by atoms with Crippen LogP contribution in [0.5, 0.6) is 5.75 Å². The van der Waals surface area contributed by atoms with Gasteiger partial charge in [0.25, 0.3) is 5.69 Å². The Hall–Kier alpha value is -2.25. The lowest BCUT2D eigenvalue weighted by atomic mass is 10.2. The van der Waals surface area contributed by atoms with Crippen molar-refractivity contribution in [2.75, 3.05) is 19.6 Å². The van der Waals surface area contributed by atoms with Crippen molar-refractivity contribution in [3.63, 3.8) is 0 Å². The molecule has 1 aromatic heterocycles. The molecule has 126 valence electrons. The number of nitrogens with one attached hydrogen (secondary N) is 1. The van der Waals surface area contributed by atoms with Crippen LogP contribution in [0.4, 0.5) is 5.69 Å². The van der Waals surface area contributed by atoms with E-state index in [0.29, 0.717) is 6.54 Å². The maximum absolute atomic E-state index is 11.8. The Kier molecular flexibility index (Phi) is 5.22. The van der Waals surface area contributed by atoms with Gasteiger partial charge in [-0.15, -0.1) is 11.3 Å². The van der Waals surface area contributed by atoms with Gasteiger partial charge in [-0.3, -0.25) is 15.1 Å². The number of quaternary nitrogens is 1. The summed E-state index contributed by atoms with van der Waals surface area (Å²) >= 11 is 1.73. The molecule has 24 heavy (non-hydrogen) atoms. The van der Waals surface area contributed by atoms with Gasteiger partial charge < -0.3 is 10.0 Å². The second kappa shape index (κ2) is 7.55. The van der Waals surface area contributed by atoms with Gasteiger partial charge in [-0.1, -0.05) is 17.9 Å². The number of nitro benzene ring substituents is 1. The van der Waals surface area contributed by atoms with Crippen LogP contribution in [-0.4, -0.2) is 30.8 Å². The summed E-state index contributed by atoms with van der Waals surface area (Å²) in [5.74, 6) is -0.245. The number of hydrogen-bond acceptors (Lipinski definition) is 5. The fraction of sp³-hybridized carbons (Fsp3) is 0.353. The van der Waals surface area contributed by atoms with Crippen LogP contribution in [0.15, 0.2) is 40.7 Å². The summed E-state index contributed by atoms with van der Waals surface area (Å²) < 4.78 is 0. The van der Waals surface area contributed by atoms with Crippen LogP contribution in [0.25, 0.3) is 0 Å². The number of nitrogens with zero attached hydrogens (tertiary/aromatic N) is 2. The summed E-state index contributed by atoms with van der Waals surface area (Å²) in [6.07, 6.45) is 3.94. The summed E-state index contributed by atoms with van der Waals surface area (Å²) in [4.78, 5) is 17.6. The van der Waals surface area contributed by atoms with Gasteiger partial charge >= 0.3 is 0 Å². The van der Waals surface area contributed by atoms with Gasteiger partial charge in [0.15, 0.2) is 0 Å². The van der Waals surface area contributed by atoms with Gasteiger partial charge in [-0.25, -0.2) is 0 Å². The van der Waals surface area contributed by atoms with Crippen molar-refractivity contribution in [3.8, 4) is 5.75 Å². The number of benzene rings is 1. The highest BCUT2D eigenvalue weighted by Gasteiger charge is 2.27. The van der Waals surface area contributed by atoms with E-state index in [0.717, 1.165) is 13.1 Å². The SMILES string of the molecule is O=[N+]([O-])c1ccc([O-])c(C=NC[C@@H](c2cccs2)[NH+]2CCCC2)c1. The topological polar surface area (TPSA) is 83.0 Å². The molecule has 2 heterocycles. The minimum Gasteiger partial charge on any atom is -0.872 e. The molecule has 0 bridgehead atoms. The molecular formula is C17H19N3O3S. The van der Waals surface area contributed by atoms with Crippen molar-refractivity contribution in [1.29, 1.82) is 0 Å². The number of thiophene rings is 1. The van der Waals surface area contributed by atoms with E-state index in [2.05, 4.69) is 16.4 Å². The molecule has 1 aliphatic rings. The van der Waals surface area contributed by atoms with Gasteiger partial charge in [-0.2, -0.15) is 0 Å². The average molecular weight is 345 g/mol. The van der Waals surface area contributed by atoms with Crippen molar-refractivity contribution in [1.82, 2.24) is 0 Å². The zero-order valence-corrected chi connectivity index (χ0v) is 14.0. The van der Waals surface area contributed by atoms with Crippen LogP contribution in [0.1, 0.15) is 29.3 Å². The minimum atomic E-state index is -0.500. The molecule has 0 radical (unpaired) electrons. The van der Waals surface area contributed by atoms with Gasteiger partial charge in [0.2, 0.25) is 0 Å². The summed E-state index contributed by atoms with van der Waals surface area (Å²) in [5.41, 5.74) is 0.182. The zero-order chi connectivity index (χ0) is 16.9. The first-order valence-corrected chi connectivity index (χ1v) is 8.86. The molecule has 1 fully saturated rings. The molecule has 3 rings (SSSR count). The van der Waals surface area contributed by atoms with Gasteiger partial charge in [0, 0.05) is 31.2 Å². The average Bonchev–Trinajstić information content (AvgIpc) is 3.26. The molecule has 2 aromatic rings. The third-order valence-electron chi connectivity index (χ3n) is 4.35. The highest BCUT2D eigenvalue weighted by atomic mass is 32.1. The Labute approximate surface area is 144 Å². The Balaban J connectivity index is 1.75. The molecule has 0 amide bonds. The lowest BCUT2D eigenvalue weighted by Gasteiger charge is -2.22. The van der Waals surface area contributed by atoms with E-state index in [1.807, 2.05) is 6.07 Å². The van der Waals surface area contributed by atoms with Crippen LogP contribution in [0.3, 0.4) is 0 Å². The monoisotopic (exact) mass is 345 g/mol. The molecule has 1 aromatic carbocycles. The molecule has 7 heteroatoms. The summed E-state index contributed by atoms with van der Waals surface area (Å²) in [6, 6.07) is 8.20. The highest BCUT2D eigenvalue weighted by molar-refractivity contribution is 7.10. The minimum absolute atomic E-state index is 0.0870. The first kappa shape index (κ1) is 16.6. The number of nitro groups is 1. The highest BCUT2D eigenvalue weighted by Crippen LogP contribution is 2.20. The largest absolute Gasteiger partial charge is 0.872 e. The molecule has 0 unspecified atom stereocenters. The van der Waals surface area contributed by atoms with Crippen LogP contribution in [0.2, 0.25) is 0 Å². The molecule has 0 spiro atoms. The van der Waals surface area contributed by atoms with Gasteiger partial charge in [-0.05, 0) is 17.0 Å². The predicted molar refractivity (Wildman–Crippen MR) is 92.0 cm³/mol. The second-order valence-corrected chi connectivity index (χ2v) is 6.89.